The molecule has 0 aliphatic carbocycles. The largest absolute Gasteiger partial charge is 0.327 e. The van der Waals surface area contributed by atoms with E-state index in [2.05, 4.69) is 0 Å². The molecule has 0 heterocycles. The Balaban J connectivity index is 3.64. The van der Waals surface area contributed by atoms with Crippen molar-refractivity contribution in [1.29, 1.82) is 0 Å². The molecule has 0 spiro atoms. The quantitative estimate of drug-likeness (QED) is 0.538. The number of nitrogens with two attached hydrogens (primary N) is 2. The van der Waals surface area contributed by atoms with Crippen molar-refractivity contribution in [3.05, 3.63) is 11.6 Å². The van der Waals surface area contributed by atoms with Crippen molar-refractivity contribution >= 4 is 0 Å². The van der Waals surface area contributed by atoms with Crippen LogP contribution in [0.25, 0.3) is 0 Å². The van der Waals surface area contributed by atoms with E-state index in [-0.39, 0.29) is 0 Å². The summed E-state index contributed by atoms with van der Waals surface area (Å²) in [6.07, 6.45) is 1.64. The van der Waals surface area contributed by atoms with E-state index in [0.29, 0.717) is 6.54 Å². The van der Waals surface area contributed by atoms with Gasteiger partial charge in [0.2, 0.25) is 0 Å². The maximum absolute atomic E-state index is 11.7. The molecule has 4 N–H and O–H groups in total. The fourth-order valence-electron chi connectivity index (χ4n) is 0.478. The summed E-state index contributed by atoms with van der Waals surface area (Å²) in [5.74, 6) is 0. The van der Waals surface area contributed by atoms with Gasteiger partial charge < -0.3 is 11.5 Å². The monoisotopic (exact) mass is 132 g/mol. The average molecular weight is 132 g/mol. The first-order valence-corrected chi connectivity index (χ1v) is 2.89. The number of halogens is 1. The van der Waals surface area contributed by atoms with Gasteiger partial charge in [-0.1, -0.05) is 11.6 Å². The normalized spacial score (nSPS) is 15.8. The van der Waals surface area contributed by atoms with Gasteiger partial charge in [-0.15, -0.1) is 0 Å². The summed E-state index contributed by atoms with van der Waals surface area (Å²) in [7, 11) is 0. The van der Waals surface area contributed by atoms with E-state index in [9.17, 15) is 4.39 Å². The van der Waals surface area contributed by atoms with Crippen molar-refractivity contribution in [2.45, 2.75) is 13.0 Å². The van der Waals surface area contributed by atoms with Crippen LogP contribution in [0.2, 0.25) is 0 Å². The number of alkyl halides is 1. The smallest absolute Gasteiger partial charge is 0.108 e. The maximum Gasteiger partial charge on any atom is 0.108 e. The third-order valence-electron chi connectivity index (χ3n) is 0.999. The van der Waals surface area contributed by atoms with Gasteiger partial charge in [-0.25, -0.2) is 4.39 Å². The lowest BCUT2D eigenvalue weighted by Crippen LogP contribution is -2.20. The lowest BCUT2D eigenvalue weighted by atomic mass is 10.2. The van der Waals surface area contributed by atoms with Crippen molar-refractivity contribution in [3.8, 4) is 0 Å². The van der Waals surface area contributed by atoms with Crippen molar-refractivity contribution in [3.63, 3.8) is 0 Å². The zero-order valence-corrected chi connectivity index (χ0v) is 5.60. The summed E-state index contributed by atoms with van der Waals surface area (Å²) in [5.41, 5.74) is 11.4. The van der Waals surface area contributed by atoms with Gasteiger partial charge >= 0.3 is 0 Å². The number of hydrogen-bond acceptors (Lipinski definition) is 2. The highest BCUT2D eigenvalue weighted by Crippen LogP contribution is 1.91. The second-order valence-electron chi connectivity index (χ2n) is 2.04. The minimum atomic E-state index is -0.517. The van der Waals surface area contributed by atoms with Gasteiger partial charge in [-0.2, -0.15) is 0 Å². The first-order valence-electron chi connectivity index (χ1n) is 2.89. The van der Waals surface area contributed by atoms with E-state index in [1.807, 2.05) is 6.92 Å². The molecule has 0 amide bonds. The zero-order valence-electron chi connectivity index (χ0n) is 5.60. The molecule has 0 aromatic heterocycles. The van der Waals surface area contributed by atoms with E-state index in [1.165, 1.54) is 0 Å². The van der Waals surface area contributed by atoms with Gasteiger partial charge in [0.25, 0.3) is 0 Å². The van der Waals surface area contributed by atoms with E-state index < -0.39 is 12.7 Å². The Morgan fingerprint density at radius 1 is 1.78 bits per heavy atom. The third kappa shape index (κ3) is 4.12. The molecule has 0 aliphatic heterocycles. The molecule has 1 unspecified atom stereocenters. The topological polar surface area (TPSA) is 52.0 Å². The van der Waals surface area contributed by atoms with Crippen molar-refractivity contribution in [2.75, 3.05) is 13.2 Å². The van der Waals surface area contributed by atoms with Crippen molar-refractivity contribution < 1.29 is 4.39 Å². The summed E-state index contributed by atoms with van der Waals surface area (Å²) in [4.78, 5) is 0. The molecule has 0 aromatic rings. The van der Waals surface area contributed by atoms with Gasteiger partial charge in [0.1, 0.15) is 6.67 Å². The van der Waals surface area contributed by atoms with Crippen LogP contribution >= 0.6 is 0 Å². The van der Waals surface area contributed by atoms with Gasteiger partial charge in [-0.3, -0.25) is 0 Å². The third-order valence-corrected chi connectivity index (χ3v) is 0.999. The molecule has 3 heteroatoms. The highest BCUT2D eigenvalue weighted by Gasteiger charge is 1.94. The maximum atomic E-state index is 11.7. The minimum absolute atomic E-state index is 0.452. The van der Waals surface area contributed by atoms with Crippen LogP contribution in [-0.4, -0.2) is 19.3 Å². The molecule has 0 aliphatic rings. The molecule has 9 heavy (non-hydrogen) atoms. The second kappa shape index (κ2) is 4.47. The average Bonchev–Trinajstić information content (AvgIpc) is 1.87. The predicted molar refractivity (Wildman–Crippen MR) is 36.8 cm³/mol. The van der Waals surface area contributed by atoms with Gasteiger partial charge in [0.15, 0.2) is 0 Å². The molecule has 1 atom stereocenters. The van der Waals surface area contributed by atoms with E-state index in [1.54, 1.807) is 6.08 Å². The fraction of sp³-hybridized carbons (Fsp3) is 0.667. The van der Waals surface area contributed by atoms with Gasteiger partial charge in [-0.05, 0) is 6.92 Å². The second-order valence-corrected chi connectivity index (χ2v) is 2.04. The Morgan fingerprint density at radius 2 is 2.33 bits per heavy atom. The summed E-state index contributed by atoms with van der Waals surface area (Å²) in [6, 6.07) is -0.478. The highest BCUT2D eigenvalue weighted by atomic mass is 19.1. The van der Waals surface area contributed by atoms with Crippen molar-refractivity contribution in [2.24, 2.45) is 11.5 Å². The zero-order chi connectivity index (χ0) is 7.28. The lowest BCUT2D eigenvalue weighted by molar-refractivity contribution is 0.464. The van der Waals surface area contributed by atoms with E-state index in [0.717, 1.165) is 5.57 Å². The molecule has 0 aromatic carbocycles. The molecule has 0 saturated carbocycles. The first kappa shape index (κ1) is 8.59. The summed E-state index contributed by atoms with van der Waals surface area (Å²) in [6.45, 7) is 1.76. The summed E-state index contributed by atoms with van der Waals surface area (Å²) >= 11 is 0. The van der Waals surface area contributed by atoms with Gasteiger partial charge in [0.05, 0.1) is 6.04 Å². The van der Waals surface area contributed by atoms with Crippen molar-refractivity contribution in [1.82, 2.24) is 0 Å². The Morgan fingerprint density at radius 3 is 2.67 bits per heavy atom. The summed E-state index contributed by atoms with van der Waals surface area (Å²) in [5, 5.41) is 0. The fourth-order valence-corrected chi connectivity index (χ4v) is 0.478. The Hall–Kier alpha value is -0.410. The van der Waals surface area contributed by atoms with Crippen LogP contribution in [0.5, 0.6) is 0 Å². The molecule has 0 rings (SSSR count). The van der Waals surface area contributed by atoms with Crippen LogP contribution < -0.4 is 11.5 Å². The molecule has 2 nitrogen and oxygen atoms in total. The van der Waals surface area contributed by atoms with E-state index >= 15 is 0 Å². The Bertz CT molecular complexity index is 101. The van der Waals surface area contributed by atoms with Crippen LogP contribution in [0.4, 0.5) is 4.39 Å². The Labute approximate surface area is 54.7 Å². The first-order chi connectivity index (χ1) is 4.20. The number of hydrogen-bond donors (Lipinski definition) is 2. The lowest BCUT2D eigenvalue weighted by Gasteiger charge is -2.00. The van der Waals surface area contributed by atoms with Crippen LogP contribution in [0.3, 0.4) is 0 Å². The Kier molecular flexibility index (Phi) is 4.26. The molecule has 0 saturated heterocycles. The molecule has 54 valence electrons. The van der Waals surface area contributed by atoms with Crippen LogP contribution in [0.15, 0.2) is 11.6 Å². The van der Waals surface area contributed by atoms with Crippen LogP contribution in [0, 0.1) is 0 Å². The minimum Gasteiger partial charge on any atom is -0.327 e. The standard InChI is InChI=1S/C6H13FN2/c1-5(4-8)2-6(9)3-7/h2,6H,3-4,8-9H2,1H3/b5-2+. The van der Waals surface area contributed by atoms with Crippen LogP contribution in [0.1, 0.15) is 6.92 Å². The molecular formula is C6H13FN2. The summed E-state index contributed by atoms with van der Waals surface area (Å²) < 4.78 is 11.7. The number of rotatable bonds is 3. The highest BCUT2D eigenvalue weighted by molar-refractivity contribution is 5.04. The van der Waals surface area contributed by atoms with Crippen LogP contribution in [-0.2, 0) is 0 Å². The van der Waals surface area contributed by atoms with E-state index in [4.69, 9.17) is 11.5 Å². The predicted octanol–water partition coefficient (Wildman–Crippen LogP) is 0.188. The molecule has 0 bridgehead atoms. The molecule has 0 fully saturated rings. The van der Waals surface area contributed by atoms with Gasteiger partial charge in [0, 0.05) is 6.54 Å². The SMILES string of the molecule is C/C(=C\C(N)CF)CN. The molecule has 0 radical (unpaired) electrons. The molecular weight excluding hydrogens is 119 g/mol.